The maximum Gasteiger partial charge on any atom is 0.336 e. The van der Waals surface area contributed by atoms with Crippen LogP contribution in [-0.2, 0) is 10.8 Å². The number of aryl methyl sites for hydroxylation is 1. The Morgan fingerprint density at radius 2 is 1.50 bits per heavy atom. The normalized spacial score (nSPS) is 12.3. The maximum atomic E-state index is 11.7. The van der Waals surface area contributed by atoms with E-state index in [0.717, 1.165) is 16.7 Å². The molecule has 0 aliphatic rings. The summed E-state index contributed by atoms with van der Waals surface area (Å²) < 4.78 is 0. The molecule has 1 N–H and O–H groups in total. The van der Waals surface area contributed by atoms with Crippen molar-refractivity contribution in [2.75, 3.05) is 0 Å². The SMILES string of the molecule is Cc1cc(C(C)(C)C)cc(C(C)(C)C)c1-c1ccccc1C(=O)O. The first-order valence-electron chi connectivity index (χ1n) is 8.41. The van der Waals surface area contributed by atoms with E-state index in [1.54, 1.807) is 12.1 Å². The largest absolute Gasteiger partial charge is 0.478 e. The Hall–Kier alpha value is -2.09. The molecule has 0 spiro atoms. The van der Waals surface area contributed by atoms with E-state index >= 15 is 0 Å². The lowest BCUT2D eigenvalue weighted by molar-refractivity contribution is 0.0697. The molecule has 2 aromatic carbocycles. The number of hydrogen-bond donors (Lipinski definition) is 1. The van der Waals surface area contributed by atoms with E-state index < -0.39 is 5.97 Å². The summed E-state index contributed by atoms with van der Waals surface area (Å²) in [5.74, 6) is -0.884. The maximum absolute atomic E-state index is 11.7. The van der Waals surface area contributed by atoms with Crippen molar-refractivity contribution >= 4 is 5.97 Å². The van der Waals surface area contributed by atoms with E-state index in [2.05, 4.69) is 60.6 Å². The molecule has 0 aliphatic carbocycles. The van der Waals surface area contributed by atoms with Crippen LogP contribution in [0.2, 0.25) is 0 Å². The summed E-state index contributed by atoms with van der Waals surface area (Å²) in [4.78, 5) is 11.7. The zero-order valence-corrected chi connectivity index (χ0v) is 15.8. The number of hydrogen-bond acceptors (Lipinski definition) is 1. The van der Waals surface area contributed by atoms with Crippen LogP contribution in [0.25, 0.3) is 11.1 Å². The summed E-state index contributed by atoms with van der Waals surface area (Å²) in [6.45, 7) is 15.2. The molecule has 0 fully saturated rings. The van der Waals surface area contributed by atoms with E-state index in [1.807, 2.05) is 12.1 Å². The molecule has 0 saturated carbocycles. The van der Waals surface area contributed by atoms with E-state index in [1.165, 1.54) is 11.1 Å². The van der Waals surface area contributed by atoms with Crippen molar-refractivity contribution in [2.24, 2.45) is 0 Å². The molecule has 0 amide bonds. The summed E-state index contributed by atoms with van der Waals surface area (Å²) >= 11 is 0. The lowest BCUT2D eigenvalue weighted by atomic mass is 9.75. The fourth-order valence-electron chi connectivity index (χ4n) is 3.06. The Morgan fingerprint density at radius 3 is 2.00 bits per heavy atom. The Bertz CT molecular complexity index is 772. The van der Waals surface area contributed by atoms with Crippen LogP contribution in [-0.4, -0.2) is 11.1 Å². The molecule has 0 heterocycles. The van der Waals surface area contributed by atoms with Gasteiger partial charge in [0.15, 0.2) is 0 Å². The van der Waals surface area contributed by atoms with Gasteiger partial charge in [-0.1, -0.05) is 71.9 Å². The molecule has 0 aliphatic heterocycles. The fourth-order valence-corrected chi connectivity index (χ4v) is 3.06. The van der Waals surface area contributed by atoms with Gasteiger partial charge in [0.1, 0.15) is 0 Å². The van der Waals surface area contributed by atoms with Gasteiger partial charge in [-0.05, 0) is 51.6 Å². The quantitative estimate of drug-likeness (QED) is 0.740. The average molecular weight is 324 g/mol. The van der Waals surface area contributed by atoms with Crippen molar-refractivity contribution < 1.29 is 9.90 Å². The zero-order valence-electron chi connectivity index (χ0n) is 15.8. The second-order valence-electron chi connectivity index (χ2n) is 8.57. The minimum Gasteiger partial charge on any atom is -0.478 e. The Balaban J connectivity index is 2.88. The van der Waals surface area contributed by atoms with Gasteiger partial charge in [-0.25, -0.2) is 4.79 Å². The van der Waals surface area contributed by atoms with Crippen LogP contribution >= 0.6 is 0 Å². The average Bonchev–Trinajstić information content (AvgIpc) is 2.44. The highest BCUT2D eigenvalue weighted by molar-refractivity contribution is 5.97. The minimum absolute atomic E-state index is 0.0512. The van der Waals surface area contributed by atoms with Crippen molar-refractivity contribution in [3.63, 3.8) is 0 Å². The minimum atomic E-state index is -0.884. The van der Waals surface area contributed by atoms with Crippen molar-refractivity contribution in [1.82, 2.24) is 0 Å². The lowest BCUT2D eigenvalue weighted by Crippen LogP contribution is -2.19. The van der Waals surface area contributed by atoms with Gasteiger partial charge in [0.25, 0.3) is 0 Å². The molecule has 128 valence electrons. The molecule has 0 radical (unpaired) electrons. The smallest absolute Gasteiger partial charge is 0.336 e. The Kier molecular flexibility index (Phi) is 4.63. The number of aromatic carboxylic acids is 1. The van der Waals surface area contributed by atoms with Gasteiger partial charge in [-0.3, -0.25) is 0 Å². The van der Waals surface area contributed by atoms with E-state index in [-0.39, 0.29) is 10.8 Å². The van der Waals surface area contributed by atoms with Gasteiger partial charge in [-0.2, -0.15) is 0 Å². The van der Waals surface area contributed by atoms with Crippen molar-refractivity contribution in [2.45, 2.75) is 59.3 Å². The molecule has 2 nitrogen and oxygen atoms in total. The summed E-state index contributed by atoms with van der Waals surface area (Å²) in [6, 6.07) is 11.7. The van der Waals surface area contributed by atoms with Gasteiger partial charge in [0.05, 0.1) is 5.56 Å². The third-order valence-electron chi connectivity index (χ3n) is 4.44. The summed E-state index contributed by atoms with van der Waals surface area (Å²) in [6.07, 6.45) is 0. The molecule has 24 heavy (non-hydrogen) atoms. The van der Waals surface area contributed by atoms with Crippen LogP contribution in [0.4, 0.5) is 0 Å². The van der Waals surface area contributed by atoms with Gasteiger partial charge in [0.2, 0.25) is 0 Å². The molecule has 2 heteroatoms. The second-order valence-corrected chi connectivity index (χ2v) is 8.57. The fraction of sp³-hybridized carbons (Fsp3) is 0.409. The van der Waals surface area contributed by atoms with Gasteiger partial charge >= 0.3 is 5.97 Å². The molecule has 2 aromatic rings. The molecule has 0 atom stereocenters. The first kappa shape index (κ1) is 18.3. The van der Waals surface area contributed by atoms with Crippen LogP contribution in [0.5, 0.6) is 0 Å². The van der Waals surface area contributed by atoms with Gasteiger partial charge < -0.3 is 5.11 Å². The first-order chi connectivity index (χ1) is 10.9. The van der Waals surface area contributed by atoms with Crippen molar-refractivity contribution in [3.05, 3.63) is 58.7 Å². The summed E-state index contributed by atoms with van der Waals surface area (Å²) in [5, 5.41) is 9.60. The van der Waals surface area contributed by atoms with Crippen LogP contribution in [0.15, 0.2) is 36.4 Å². The monoisotopic (exact) mass is 324 g/mol. The number of carboxylic acids is 1. The number of carbonyl (C=O) groups is 1. The number of benzene rings is 2. The van der Waals surface area contributed by atoms with E-state index in [9.17, 15) is 9.90 Å². The molecule has 0 unspecified atom stereocenters. The molecule has 0 bridgehead atoms. The number of carboxylic acid groups (broad SMARTS) is 1. The first-order valence-corrected chi connectivity index (χ1v) is 8.41. The van der Waals surface area contributed by atoms with E-state index in [0.29, 0.717) is 5.56 Å². The third-order valence-corrected chi connectivity index (χ3v) is 4.44. The predicted octanol–water partition coefficient (Wildman–Crippen LogP) is 5.96. The van der Waals surface area contributed by atoms with Gasteiger partial charge in [-0.15, -0.1) is 0 Å². The van der Waals surface area contributed by atoms with Crippen LogP contribution in [0.1, 0.15) is 68.6 Å². The molecular formula is C22H28O2. The van der Waals surface area contributed by atoms with Crippen LogP contribution in [0, 0.1) is 6.92 Å². The standard InChI is InChI=1S/C22H28O2/c1-14-12-15(21(2,3)4)13-18(22(5,6)7)19(14)16-10-8-9-11-17(16)20(23)24/h8-13H,1-7H3,(H,23,24). The van der Waals surface area contributed by atoms with Crippen molar-refractivity contribution in [1.29, 1.82) is 0 Å². The molecular weight excluding hydrogens is 296 g/mol. The Morgan fingerprint density at radius 1 is 0.917 bits per heavy atom. The lowest BCUT2D eigenvalue weighted by Gasteiger charge is -2.29. The molecule has 2 rings (SSSR count). The number of rotatable bonds is 2. The topological polar surface area (TPSA) is 37.3 Å². The highest BCUT2D eigenvalue weighted by Crippen LogP contribution is 2.40. The highest BCUT2D eigenvalue weighted by atomic mass is 16.4. The predicted molar refractivity (Wildman–Crippen MR) is 101 cm³/mol. The van der Waals surface area contributed by atoms with Crippen molar-refractivity contribution in [3.8, 4) is 11.1 Å². The van der Waals surface area contributed by atoms with Crippen LogP contribution < -0.4 is 0 Å². The van der Waals surface area contributed by atoms with Gasteiger partial charge in [0, 0.05) is 0 Å². The zero-order chi connectivity index (χ0) is 18.3. The van der Waals surface area contributed by atoms with E-state index in [4.69, 9.17) is 0 Å². The summed E-state index contributed by atoms with van der Waals surface area (Å²) in [5.41, 5.74) is 5.78. The highest BCUT2D eigenvalue weighted by Gasteiger charge is 2.26. The van der Waals surface area contributed by atoms with Crippen LogP contribution in [0.3, 0.4) is 0 Å². The third kappa shape index (κ3) is 3.53. The summed E-state index contributed by atoms with van der Waals surface area (Å²) in [7, 11) is 0. The Labute approximate surface area is 145 Å². The molecule has 0 aromatic heterocycles. The molecule has 0 saturated heterocycles. The second kappa shape index (κ2) is 6.08.